The SMILES string of the molecule is Cc1ccc(C(O)CN(C)C2CCOCC2)cc1C. The van der Waals surface area contributed by atoms with E-state index < -0.39 is 6.10 Å². The highest BCUT2D eigenvalue weighted by Gasteiger charge is 2.21. The first kappa shape index (κ1) is 14.5. The fourth-order valence-electron chi connectivity index (χ4n) is 2.63. The van der Waals surface area contributed by atoms with Crippen LogP contribution in [0.3, 0.4) is 0 Å². The van der Waals surface area contributed by atoms with Crippen LogP contribution in [-0.4, -0.2) is 42.9 Å². The van der Waals surface area contributed by atoms with E-state index in [2.05, 4.69) is 37.9 Å². The van der Waals surface area contributed by atoms with Crippen molar-refractivity contribution < 1.29 is 9.84 Å². The number of likely N-dealkylation sites (N-methyl/N-ethyl adjacent to an activating group) is 1. The van der Waals surface area contributed by atoms with Crippen LogP contribution in [-0.2, 0) is 4.74 Å². The maximum Gasteiger partial charge on any atom is 0.0917 e. The molecule has 0 aliphatic carbocycles. The molecule has 19 heavy (non-hydrogen) atoms. The Bertz CT molecular complexity index is 413. The van der Waals surface area contributed by atoms with Gasteiger partial charge in [-0.2, -0.15) is 0 Å². The highest BCUT2D eigenvalue weighted by Crippen LogP contribution is 2.20. The van der Waals surface area contributed by atoms with Gasteiger partial charge in [-0.05, 0) is 50.4 Å². The number of hydrogen-bond acceptors (Lipinski definition) is 3. The molecule has 0 radical (unpaired) electrons. The molecule has 3 heteroatoms. The van der Waals surface area contributed by atoms with Gasteiger partial charge in [0, 0.05) is 25.8 Å². The molecule has 1 fully saturated rings. The van der Waals surface area contributed by atoms with Crippen LogP contribution in [0.1, 0.15) is 35.6 Å². The number of ether oxygens (including phenoxy) is 1. The molecule has 0 aromatic heterocycles. The molecule has 1 saturated heterocycles. The van der Waals surface area contributed by atoms with Gasteiger partial charge in [-0.15, -0.1) is 0 Å². The monoisotopic (exact) mass is 263 g/mol. The third-order valence-corrected chi connectivity index (χ3v) is 4.19. The Hall–Kier alpha value is -0.900. The summed E-state index contributed by atoms with van der Waals surface area (Å²) in [6, 6.07) is 6.75. The highest BCUT2D eigenvalue weighted by molar-refractivity contribution is 5.31. The van der Waals surface area contributed by atoms with E-state index in [1.54, 1.807) is 0 Å². The van der Waals surface area contributed by atoms with Crippen molar-refractivity contribution in [1.82, 2.24) is 4.90 Å². The zero-order valence-electron chi connectivity index (χ0n) is 12.2. The second kappa shape index (κ2) is 6.51. The Morgan fingerprint density at radius 2 is 1.95 bits per heavy atom. The Morgan fingerprint density at radius 3 is 2.58 bits per heavy atom. The molecule has 106 valence electrons. The van der Waals surface area contributed by atoms with Crippen molar-refractivity contribution in [3.8, 4) is 0 Å². The second-order valence-electron chi connectivity index (χ2n) is 5.64. The number of hydrogen-bond donors (Lipinski definition) is 1. The quantitative estimate of drug-likeness (QED) is 0.905. The lowest BCUT2D eigenvalue weighted by Crippen LogP contribution is -2.38. The lowest BCUT2D eigenvalue weighted by atomic mass is 10.0. The third-order valence-electron chi connectivity index (χ3n) is 4.19. The zero-order chi connectivity index (χ0) is 13.8. The molecule has 1 atom stereocenters. The van der Waals surface area contributed by atoms with E-state index >= 15 is 0 Å². The van der Waals surface area contributed by atoms with Crippen molar-refractivity contribution in [3.05, 3.63) is 34.9 Å². The molecule has 0 bridgehead atoms. The van der Waals surface area contributed by atoms with Gasteiger partial charge in [-0.1, -0.05) is 18.2 Å². The average Bonchev–Trinajstić information content (AvgIpc) is 2.42. The standard InChI is InChI=1S/C16H25NO2/c1-12-4-5-14(10-13(12)2)16(18)11-17(3)15-6-8-19-9-7-15/h4-5,10,15-16,18H,6-9,11H2,1-3H3. The van der Waals surface area contributed by atoms with Crippen molar-refractivity contribution in [2.45, 2.75) is 38.8 Å². The number of aryl methyl sites for hydroxylation is 2. The molecule has 1 aromatic carbocycles. The van der Waals surface area contributed by atoms with E-state index in [-0.39, 0.29) is 0 Å². The Morgan fingerprint density at radius 1 is 1.26 bits per heavy atom. The summed E-state index contributed by atoms with van der Waals surface area (Å²) in [6.45, 7) is 6.56. The number of aliphatic hydroxyl groups is 1. The van der Waals surface area contributed by atoms with Crippen LogP contribution < -0.4 is 0 Å². The number of aliphatic hydroxyl groups excluding tert-OH is 1. The summed E-state index contributed by atoms with van der Waals surface area (Å²) in [5.41, 5.74) is 3.53. The summed E-state index contributed by atoms with van der Waals surface area (Å²) >= 11 is 0. The second-order valence-corrected chi connectivity index (χ2v) is 5.64. The summed E-state index contributed by atoms with van der Waals surface area (Å²) in [5.74, 6) is 0. The van der Waals surface area contributed by atoms with Crippen molar-refractivity contribution in [2.24, 2.45) is 0 Å². The fraction of sp³-hybridized carbons (Fsp3) is 0.625. The summed E-state index contributed by atoms with van der Waals surface area (Å²) in [4.78, 5) is 2.27. The molecule has 0 spiro atoms. The van der Waals surface area contributed by atoms with Gasteiger partial charge in [-0.25, -0.2) is 0 Å². The molecule has 1 aliphatic rings. The molecular weight excluding hydrogens is 238 g/mol. The minimum atomic E-state index is -0.410. The first-order valence-electron chi connectivity index (χ1n) is 7.11. The Labute approximate surface area is 116 Å². The molecule has 1 aliphatic heterocycles. The molecule has 1 unspecified atom stereocenters. The van der Waals surface area contributed by atoms with Crippen LogP contribution in [0.25, 0.3) is 0 Å². The van der Waals surface area contributed by atoms with E-state index in [1.165, 1.54) is 11.1 Å². The molecule has 1 heterocycles. The third kappa shape index (κ3) is 3.78. The summed E-state index contributed by atoms with van der Waals surface area (Å²) in [7, 11) is 2.10. The van der Waals surface area contributed by atoms with Gasteiger partial charge < -0.3 is 14.7 Å². The van der Waals surface area contributed by atoms with Crippen LogP contribution in [0.2, 0.25) is 0 Å². The first-order valence-corrected chi connectivity index (χ1v) is 7.11. The van der Waals surface area contributed by atoms with Gasteiger partial charge in [0.1, 0.15) is 0 Å². The summed E-state index contributed by atoms with van der Waals surface area (Å²) < 4.78 is 5.38. The minimum absolute atomic E-state index is 0.410. The fourth-order valence-corrected chi connectivity index (χ4v) is 2.63. The maximum atomic E-state index is 10.4. The largest absolute Gasteiger partial charge is 0.387 e. The van der Waals surface area contributed by atoms with E-state index in [9.17, 15) is 5.11 Å². The van der Waals surface area contributed by atoms with Gasteiger partial charge in [-0.3, -0.25) is 0 Å². The summed E-state index contributed by atoms with van der Waals surface area (Å²) in [6.07, 6.45) is 1.72. The Kier molecular flexibility index (Phi) is 4.97. The lowest BCUT2D eigenvalue weighted by Gasteiger charge is -2.32. The maximum absolute atomic E-state index is 10.4. The lowest BCUT2D eigenvalue weighted by molar-refractivity contribution is 0.0253. The van der Waals surface area contributed by atoms with Crippen molar-refractivity contribution in [1.29, 1.82) is 0 Å². The zero-order valence-corrected chi connectivity index (χ0v) is 12.2. The van der Waals surface area contributed by atoms with Crippen LogP contribution in [0.5, 0.6) is 0 Å². The topological polar surface area (TPSA) is 32.7 Å². The van der Waals surface area contributed by atoms with Crippen LogP contribution in [0.15, 0.2) is 18.2 Å². The van der Waals surface area contributed by atoms with E-state index in [0.29, 0.717) is 12.6 Å². The Balaban J connectivity index is 1.95. The predicted molar refractivity (Wildman–Crippen MR) is 77.3 cm³/mol. The molecule has 2 rings (SSSR count). The number of benzene rings is 1. The van der Waals surface area contributed by atoms with Crippen LogP contribution in [0.4, 0.5) is 0 Å². The first-order chi connectivity index (χ1) is 9.08. The number of nitrogens with zero attached hydrogens (tertiary/aromatic N) is 1. The molecule has 0 amide bonds. The predicted octanol–water partition coefficient (Wildman–Crippen LogP) is 2.45. The summed E-state index contributed by atoms with van der Waals surface area (Å²) in [5, 5.41) is 10.4. The molecular formula is C16H25NO2. The van der Waals surface area contributed by atoms with Gasteiger partial charge >= 0.3 is 0 Å². The highest BCUT2D eigenvalue weighted by atomic mass is 16.5. The van der Waals surface area contributed by atoms with Gasteiger partial charge in [0.25, 0.3) is 0 Å². The van der Waals surface area contributed by atoms with Crippen molar-refractivity contribution >= 4 is 0 Å². The molecule has 3 nitrogen and oxygen atoms in total. The van der Waals surface area contributed by atoms with Gasteiger partial charge in [0.2, 0.25) is 0 Å². The van der Waals surface area contributed by atoms with E-state index in [1.807, 2.05) is 6.07 Å². The smallest absolute Gasteiger partial charge is 0.0917 e. The normalized spacial score (nSPS) is 18.8. The number of rotatable bonds is 4. The average molecular weight is 263 g/mol. The molecule has 0 saturated carbocycles. The van der Waals surface area contributed by atoms with Gasteiger partial charge in [0.15, 0.2) is 0 Å². The van der Waals surface area contributed by atoms with Crippen molar-refractivity contribution in [2.75, 3.05) is 26.8 Å². The van der Waals surface area contributed by atoms with Crippen LogP contribution >= 0.6 is 0 Å². The van der Waals surface area contributed by atoms with Crippen molar-refractivity contribution in [3.63, 3.8) is 0 Å². The van der Waals surface area contributed by atoms with E-state index in [0.717, 1.165) is 31.6 Å². The molecule has 1 N–H and O–H groups in total. The molecule has 1 aromatic rings. The minimum Gasteiger partial charge on any atom is -0.387 e. The van der Waals surface area contributed by atoms with Gasteiger partial charge in [0.05, 0.1) is 6.10 Å². The van der Waals surface area contributed by atoms with Crippen LogP contribution in [0, 0.1) is 13.8 Å². The van der Waals surface area contributed by atoms with E-state index in [4.69, 9.17) is 4.74 Å².